The number of rotatable bonds is 2. The lowest BCUT2D eigenvalue weighted by Crippen LogP contribution is -1.96. The molecule has 0 aliphatic carbocycles. The molecule has 0 fully saturated rings. The maximum atomic E-state index is 9.66. The lowest BCUT2D eigenvalue weighted by atomic mass is 9.99. The maximum absolute atomic E-state index is 9.66. The number of fused-ring (bicyclic) bond motifs is 8. The normalized spacial score (nSPS) is 11.4. The molecule has 0 bridgehead atoms. The third kappa shape index (κ3) is 3.18. The first-order chi connectivity index (χ1) is 19.7. The van der Waals surface area contributed by atoms with E-state index < -0.39 is 0 Å². The molecule has 0 spiro atoms. The molecular formula is C36H19N3O. The zero-order chi connectivity index (χ0) is 26.8. The summed E-state index contributed by atoms with van der Waals surface area (Å²) in [4.78, 5) is 0. The second-order valence-corrected chi connectivity index (χ2v) is 10.0. The molecule has 2 heterocycles. The predicted octanol–water partition coefficient (Wildman–Crippen LogP) is 9.25. The van der Waals surface area contributed by atoms with E-state index in [1.807, 2.05) is 36.4 Å². The Morgan fingerprint density at radius 2 is 1.18 bits per heavy atom. The summed E-state index contributed by atoms with van der Waals surface area (Å²) in [5.74, 6) is 0. The molecule has 0 aliphatic rings. The predicted molar refractivity (Wildman–Crippen MR) is 160 cm³/mol. The average molecular weight is 510 g/mol. The smallest absolute Gasteiger partial charge is 0.135 e. The van der Waals surface area contributed by atoms with Crippen molar-refractivity contribution in [3.05, 3.63) is 126 Å². The first kappa shape index (κ1) is 22.2. The fourth-order valence-electron chi connectivity index (χ4n) is 6.02. The van der Waals surface area contributed by atoms with Gasteiger partial charge in [0.25, 0.3) is 0 Å². The van der Waals surface area contributed by atoms with E-state index in [0.29, 0.717) is 11.1 Å². The van der Waals surface area contributed by atoms with Crippen LogP contribution >= 0.6 is 0 Å². The summed E-state index contributed by atoms with van der Waals surface area (Å²) in [6.07, 6.45) is 0. The van der Waals surface area contributed by atoms with Gasteiger partial charge in [-0.15, -0.1) is 0 Å². The first-order valence-electron chi connectivity index (χ1n) is 13.0. The molecule has 0 atom stereocenters. The van der Waals surface area contributed by atoms with Gasteiger partial charge in [-0.25, -0.2) is 0 Å². The van der Waals surface area contributed by atoms with Gasteiger partial charge < -0.3 is 8.98 Å². The van der Waals surface area contributed by atoms with Gasteiger partial charge in [0.1, 0.15) is 11.2 Å². The molecular weight excluding hydrogens is 490 g/mol. The minimum atomic E-state index is 0.460. The van der Waals surface area contributed by atoms with Gasteiger partial charge in [-0.2, -0.15) is 10.5 Å². The molecule has 40 heavy (non-hydrogen) atoms. The quantitative estimate of drug-likeness (QED) is 0.233. The van der Waals surface area contributed by atoms with Crippen LogP contribution in [0.15, 0.2) is 120 Å². The van der Waals surface area contributed by atoms with Crippen LogP contribution in [-0.2, 0) is 0 Å². The summed E-state index contributed by atoms with van der Waals surface area (Å²) in [5.41, 5.74) is 7.74. The second-order valence-electron chi connectivity index (χ2n) is 10.0. The van der Waals surface area contributed by atoms with Crippen LogP contribution in [0.2, 0.25) is 0 Å². The van der Waals surface area contributed by atoms with Crippen molar-refractivity contribution >= 4 is 54.5 Å². The Morgan fingerprint density at radius 3 is 1.98 bits per heavy atom. The first-order valence-corrected chi connectivity index (χ1v) is 13.0. The van der Waals surface area contributed by atoms with Gasteiger partial charge in [0.15, 0.2) is 0 Å². The zero-order valence-electron chi connectivity index (χ0n) is 21.2. The van der Waals surface area contributed by atoms with Crippen molar-refractivity contribution in [3.63, 3.8) is 0 Å². The molecule has 4 nitrogen and oxygen atoms in total. The monoisotopic (exact) mass is 509 g/mol. The van der Waals surface area contributed by atoms with E-state index in [2.05, 4.69) is 89.5 Å². The van der Waals surface area contributed by atoms with Gasteiger partial charge in [0.05, 0.1) is 34.3 Å². The average Bonchev–Trinajstić information content (AvgIpc) is 3.55. The van der Waals surface area contributed by atoms with Crippen LogP contribution in [0, 0.1) is 22.7 Å². The summed E-state index contributed by atoms with van der Waals surface area (Å²) >= 11 is 0. The highest BCUT2D eigenvalue weighted by atomic mass is 16.3. The Labute approximate surface area is 229 Å². The van der Waals surface area contributed by atoms with Crippen molar-refractivity contribution in [1.82, 2.24) is 4.57 Å². The molecule has 4 heteroatoms. The number of hydrogen-bond donors (Lipinski definition) is 0. The minimum absolute atomic E-state index is 0.460. The molecule has 6 aromatic carbocycles. The van der Waals surface area contributed by atoms with Crippen LogP contribution in [0.5, 0.6) is 0 Å². The Morgan fingerprint density at radius 1 is 0.525 bits per heavy atom. The van der Waals surface area contributed by atoms with Gasteiger partial charge in [-0.3, -0.25) is 0 Å². The highest BCUT2D eigenvalue weighted by Crippen LogP contribution is 2.40. The van der Waals surface area contributed by atoms with E-state index in [0.717, 1.165) is 71.3 Å². The number of hydrogen-bond acceptors (Lipinski definition) is 3. The van der Waals surface area contributed by atoms with Crippen molar-refractivity contribution < 1.29 is 4.42 Å². The van der Waals surface area contributed by atoms with Gasteiger partial charge in [-0.1, -0.05) is 60.7 Å². The number of aromatic nitrogens is 1. The van der Waals surface area contributed by atoms with Crippen LogP contribution in [-0.4, -0.2) is 4.57 Å². The van der Waals surface area contributed by atoms with Crippen molar-refractivity contribution in [2.75, 3.05) is 0 Å². The molecule has 0 unspecified atom stereocenters. The van der Waals surface area contributed by atoms with Crippen LogP contribution in [0.3, 0.4) is 0 Å². The van der Waals surface area contributed by atoms with E-state index in [1.54, 1.807) is 6.07 Å². The number of nitriles is 2. The number of para-hydroxylation sites is 1. The molecule has 8 aromatic rings. The molecule has 0 saturated heterocycles. The highest BCUT2D eigenvalue weighted by Gasteiger charge is 2.17. The number of furan rings is 1. The van der Waals surface area contributed by atoms with Crippen LogP contribution < -0.4 is 0 Å². The van der Waals surface area contributed by atoms with Crippen molar-refractivity contribution in [2.24, 2.45) is 0 Å². The second kappa shape index (κ2) is 8.33. The number of nitrogens with zero attached hydrogens (tertiary/aromatic N) is 3. The molecule has 0 aliphatic heterocycles. The Balaban J connectivity index is 1.45. The fraction of sp³-hybridized carbons (Fsp3) is 0. The fourth-order valence-corrected chi connectivity index (χ4v) is 6.02. The molecule has 0 amide bonds. The van der Waals surface area contributed by atoms with Crippen LogP contribution in [0.1, 0.15) is 11.1 Å². The van der Waals surface area contributed by atoms with Crippen molar-refractivity contribution in [3.8, 4) is 29.0 Å². The Hall–Kier alpha value is -5.84. The van der Waals surface area contributed by atoms with Gasteiger partial charge in [0, 0.05) is 27.2 Å². The van der Waals surface area contributed by atoms with Crippen molar-refractivity contribution in [1.29, 1.82) is 10.5 Å². The van der Waals surface area contributed by atoms with Crippen LogP contribution in [0.4, 0.5) is 0 Å². The molecule has 0 saturated carbocycles. The number of benzene rings is 6. The zero-order valence-corrected chi connectivity index (χ0v) is 21.2. The van der Waals surface area contributed by atoms with E-state index >= 15 is 0 Å². The van der Waals surface area contributed by atoms with Crippen LogP contribution in [0.25, 0.3) is 71.3 Å². The summed E-state index contributed by atoms with van der Waals surface area (Å²) in [6, 6.07) is 43.4. The molecule has 2 aromatic heterocycles. The summed E-state index contributed by atoms with van der Waals surface area (Å²) in [6.45, 7) is 0. The summed E-state index contributed by atoms with van der Waals surface area (Å²) < 4.78 is 8.22. The standard InChI is InChI=1S/C36H19N3O/c37-20-22-15-23(21-38)17-27(16-22)39-32-12-10-25(19-31(32)36-28-6-2-1-5-24(28)9-13-33(36)39)26-11-14-35-30(18-26)29-7-3-4-8-34(29)40-35/h1-19H. The highest BCUT2D eigenvalue weighted by molar-refractivity contribution is 6.22. The molecule has 184 valence electrons. The Kier molecular flexibility index (Phi) is 4.62. The van der Waals surface area contributed by atoms with E-state index in [9.17, 15) is 10.5 Å². The lowest BCUT2D eigenvalue weighted by molar-refractivity contribution is 0.669. The Bertz CT molecular complexity index is 2380. The van der Waals surface area contributed by atoms with Crippen molar-refractivity contribution in [2.45, 2.75) is 0 Å². The topological polar surface area (TPSA) is 65.7 Å². The third-order valence-corrected chi connectivity index (χ3v) is 7.80. The van der Waals surface area contributed by atoms with Gasteiger partial charge in [-0.05, 0) is 76.5 Å². The molecule has 8 rings (SSSR count). The van der Waals surface area contributed by atoms with E-state index in [-0.39, 0.29) is 0 Å². The SMILES string of the molecule is N#Cc1cc(C#N)cc(-n2c3ccc(-c4ccc5oc6ccccc6c5c4)cc3c3c4ccccc4ccc32)c1. The maximum Gasteiger partial charge on any atom is 0.135 e. The molecule has 0 N–H and O–H groups in total. The van der Waals surface area contributed by atoms with Gasteiger partial charge in [0.2, 0.25) is 0 Å². The lowest BCUT2D eigenvalue weighted by Gasteiger charge is -2.10. The molecule has 0 radical (unpaired) electrons. The van der Waals surface area contributed by atoms with E-state index in [1.165, 1.54) is 0 Å². The van der Waals surface area contributed by atoms with Gasteiger partial charge >= 0.3 is 0 Å². The largest absolute Gasteiger partial charge is 0.456 e. The summed E-state index contributed by atoms with van der Waals surface area (Å²) in [7, 11) is 0. The van der Waals surface area contributed by atoms with E-state index in [4.69, 9.17) is 4.42 Å². The summed E-state index contributed by atoms with van der Waals surface area (Å²) in [5, 5.41) is 26.1. The third-order valence-electron chi connectivity index (χ3n) is 7.80. The minimum Gasteiger partial charge on any atom is -0.456 e.